The van der Waals surface area contributed by atoms with E-state index in [0.717, 1.165) is 11.2 Å². The Labute approximate surface area is 155 Å². The highest BCUT2D eigenvalue weighted by molar-refractivity contribution is 5.85. The summed E-state index contributed by atoms with van der Waals surface area (Å²) < 4.78 is 27.3. The van der Waals surface area contributed by atoms with Crippen molar-refractivity contribution in [3.05, 3.63) is 30.1 Å². The van der Waals surface area contributed by atoms with Crippen LogP contribution in [0.4, 0.5) is 10.1 Å². The number of aromatic nitrogens is 2. The van der Waals surface area contributed by atoms with E-state index in [1.54, 1.807) is 0 Å². The van der Waals surface area contributed by atoms with Crippen LogP contribution in [-0.2, 0) is 10.3 Å². The molecule has 8 heteroatoms. The second kappa shape index (κ2) is 6.02. The SMILES string of the molecule is CNc1ccc2nc(-c3cc(OC)c(O)c(O)c3F)n(C3(C)COC3)c2c1. The van der Waals surface area contributed by atoms with Crippen molar-refractivity contribution in [1.82, 2.24) is 9.55 Å². The van der Waals surface area contributed by atoms with Crippen LogP contribution >= 0.6 is 0 Å². The molecular formula is C19H20FN3O4. The Morgan fingerprint density at radius 2 is 2.00 bits per heavy atom. The van der Waals surface area contributed by atoms with E-state index in [1.165, 1.54) is 13.2 Å². The summed E-state index contributed by atoms with van der Waals surface area (Å²) in [6.07, 6.45) is 0. The molecule has 0 spiro atoms. The highest BCUT2D eigenvalue weighted by atomic mass is 19.1. The number of anilines is 1. The summed E-state index contributed by atoms with van der Waals surface area (Å²) in [4.78, 5) is 4.60. The average molecular weight is 373 g/mol. The zero-order valence-corrected chi connectivity index (χ0v) is 15.2. The zero-order chi connectivity index (χ0) is 19.3. The fraction of sp³-hybridized carbons (Fsp3) is 0.316. The van der Waals surface area contributed by atoms with E-state index in [1.807, 2.05) is 36.7 Å². The highest BCUT2D eigenvalue weighted by Gasteiger charge is 2.39. The Bertz CT molecular complexity index is 1040. The number of phenols is 2. The third-order valence-corrected chi connectivity index (χ3v) is 4.95. The first kappa shape index (κ1) is 17.4. The molecule has 0 aliphatic carbocycles. The van der Waals surface area contributed by atoms with Crippen molar-refractivity contribution in [3.63, 3.8) is 0 Å². The van der Waals surface area contributed by atoms with Crippen LogP contribution in [0.15, 0.2) is 24.3 Å². The minimum Gasteiger partial charge on any atom is -0.502 e. The van der Waals surface area contributed by atoms with Gasteiger partial charge in [-0.15, -0.1) is 0 Å². The van der Waals surface area contributed by atoms with E-state index >= 15 is 0 Å². The minimum atomic E-state index is -0.956. The molecule has 4 rings (SSSR count). The second-order valence-electron chi connectivity index (χ2n) is 6.85. The van der Waals surface area contributed by atoms with Crippen LogP contribution in [0.2, 0.25) is 0 Å². The van der Waals surface area contributed by atoms with Gasteiger partial charge in [-0.05, 0) is 31.2 Å². The molecule has 0 radical (unpaired) electrons. The molecule has 2 aromatic carbocycles. The Morgan fingerprint density at radius 3 is 2.59 bits per heavy atom. The number of aromatic hydroxyl groups is 2. The Hall–Kier alpha value is -3.00. The largest absolute Gasteiger partial charge is 0.502 e. The van der Waals surface area contributed by atoms with Gasteiger partial charge < -0.3 is 29.6 Å². The molecule has 1 aromatic heterocycles. The molecule has 1 aliphatic rings. The topological polar surface area (TPSA) is 88.8 Å². The number of rotatable bonds is 4. The Morgan fingerprint density at radius 1 is 1.26 bits per heavy atom. The third-order valence-electron chi connectivity index (χ3n) is 4.95. The first-order valence-corrected chi connectivity index (χ1v) is 8.47. The van der Waals surface area contributed by atoms with Crippen LogP contribution in [0.1, 0.15) is 6.92 Å². The van der Waals surface area contributed by atoms with Crippen molar-refractivity contribution in [1.29, 1.82) is 0 Å². The molecule has 1 aliphatic heterocycles. The lowest BCUT2D eigenvalue weighted by Gasteiger charge is -2.40. The third kappa shape index (κ3) is 2.48. The molecule has 0 unspecified atom stereocenters. The van der Waals surface area contributed by atoms with Crippen LogP contribution in [0.3, 0.4) is 0 Å². The molecule has 1 fully saturated rings. The summed E-state index contributed by atoms with van der Waals surface area (Å²) in [5.74, 6) is -2.17. The number of ether oxygens (including phenoxy) is 2. The molecule has 0 atom stereocenters. The lowest BCUT2D eigenvalue weighted by Crippen LogP contribution is -2.49. The van der Waals surface area contributed by atoms with Crippen LogP contribution in [0.5, 0.6) is 17.2 Å². The number of nitrogens with one attached hydrogen (secondary N) is 1. The normalized spacial score (nSPS) is 15.6. The van der Waals surface area contributed by atoms with E-state index in [9.17, 15) is 14.6 Å². The van der Waals surface area contributed by atoms with E-state index < -0.39 is 22.9 Å². The zero-order valence-electron chi connectivity index (χ0n) is 15.2. The van der Waals surface area contributed by atoms with Crippen LogP contribution in [0.25, 0.3) is 22.4 Å². The lowest BCUT2D eigenvalue weighted by molar-refractivity contribution is -0.0868. The van der Waals surface area contributed by atoms with Gasteiger partial charge in [0, 0.05) is 12.7 Å². The fourth-order valence-corrected chi connectivity index (χ4v) is 3.41. The van der Waals surface area contributed by atoms with Crippen LogP contribution in [-0.4, -0.2) is 47.1 Å². The molecule has 7 nitrogen and oxygen atoms in total. The lowest BCUT2D eigenvalue weighted by atomic mass is 9.98. The van der Waals surface area contributed by atoms with Gasteiger partial charge in [0.25, 0.3) is 0 Å². The number of nitrogens with zero attached hydrogens (tertiary/aromatic N) is 2. The van der Waals surface area contributed by atoms with E-state index in [2.05, 4.69) is 10.3 Å². The van der Waals surface area contributed by atoms with Crippen molar-refractivity contribution >= 4 is 16.7 Å². The summed E-state index contributed by atoms with van der Waals surface area (Å²) >= 11 is 0. The van der Waals surface area contributed by atoms with Crippen molar-refractivity contribution in [2.75, 3.05) is 32.7 Å². The van der Waals surface area contributed by atoms with Gasteiger partial charge in [-0.3, -0.25) is 0 Å². The standard InChI is InChI=1S/C19H20FN3O4/c1-19(8-27-9-19)23-13-6-10(21-2)4-5-12(13)22-18(23)11-7-14(26-3)16(24)17(25)15(11)20/h4-7,21,24-25H,8-9H2,1-3H3. The highest BCUT2D eigenvalue weighted by Crippen LogP contribution is 2.44. The van der Waals surface area contributed by atoms with Crippen LogP contribution in [0, 0.1) is 5.82 Å². The van der Waals surface area contributed by atoms with Gasteiger partial charge in [0.15, 0.2) is 17.3 Å². The van der Waals surface area contributed by atoms with Crippen LogP contribution < -0.4 is 10.1 Å². The number of halogens is 1. The fourth-order valence-electron chi connectivity index (χ4n) is 3.41. The van der Waals surface area contributed by atoms with Gasteiger partial charge in [0.05, 0.1) is 42.5 Å². The number of benzene rings is 2. The maximum atomic E-state index is 14.9. The molecular weight excluding hydrogens is 353 g/mol. The maximum absolute atomic E-state index is 14.9. The molecule has 0 amide bonds. The molecule has 0 bridgehead atoms. The monoisotopic (exact) mass is 373 g/mol. The van der Waals surface area contributed by atoms with Gasteiger partial charge in [0.1, 0.15) is 5.82 Å². The predicted molar refractivity (Wildman–Crippen MR) is 99.0 cm³/mol. The number of hydrogen-bond acceptors (Lipinski definition) is 6. The quantitative estimate of drug-likeness (QED) is 0.609. The predicted octanol–water partition coefficient (Wildman–Crippen LogP) is 3.05. The number of hydrogen-bond donors (Lipinski definition) is 3. The smallest absolute Gasteiger partial charge is 0.203 e. The molecule has 1 saturated heterocycles. The van der Waals surface area contributed by atoms with Crippen molar-refractivity contribution in [2.24, 2.45) is 0 Å². The van der Waals surface area contributed by atoms with E-state index in [-0.39, 0.29) is 11.3 Å². The van der Waals surface area contributed by atoms with E-state index in [0.29, 0.717) is 24.6 Å². The van der Waals surface area contributed by atoms with Gasteiger partial charge in [-0.2, -0.15) is 0 Å². The molecule has 3 aromatic rings. The van der Waals surface area contributed by atoms with Gasteiger partial charge in [-0.1, -0.05) is 0 Å². The number of fused-ring (bicyclic) bond motifs is 1. The first-order chi connectivity index (χ1) is 12.9. The Balaban J connectivity index is 2.06. The van der Waals surface area contributed by atoms with Crippen molar-refractivity contribution < 1.29 is 24.1 Å². The first-order valence-electron chi connectivity index (χ1n) is 8.47. The van der Waals surface area contributed by atoms with Crippen molar-refractivity contribution in [3.8, 4) is 28.6 Å². The van der Waals surface area contributed by atoms with E-state index in [4.69, 9.17) is 9.47 Å². The van der Waals surface area contributed by atoms with Crippen molar-refractivity contribution in [2.45, 2.75) is 12.5 Å². The minimum absolute atomic E-state index is 0.0339. The molecule has 0 saturated carbocycles. The van der Waals surface area contributed by atoms with Gasteiger partial charge in [-0.25, -0.2) is 9.37 Å². The number of phenolic OH excluding ortho intramolecular Hbond substituents is 2. The van der Waals surface area contributed by atoms with Gasteiger partial charge in [0.2, 0.25) is 5.75 Å². The summed E-state index contributed by atoms with van der Waals surface area (Å²) in [7, 11) is 3.15. The molecule has 142 valence electrons. The summed E-state index contributed by atoms with van der Waals surface area (Å²) in [6, 6.07) is 7.00. The molecule has 3 N–H and O–H groups in total. The second-order valence-corrected chi connectivity index (χ2v) is 6.85. The summed E-state index contributed by atoms with van der Waals surface area (Å²) in [5.41, 5.74) is 2.02. The summed E-state index contributed by atoms with van der Waals surface area (Å²) in [6.45, 7) is 2.92. The van der Waals surface area contributed by atoms with Gasteiger partial charge >= 0.3 is 0 Å². The molecule has 2 heterocycles. The number of imidazole rings is 1. The maximum Gasteiger partial charge on any atom is 0.203 e. The number of methoxy groups -OCH3 is 1. The Kier molecular flexibility index (Phi) is 3.88. The average Bonchev–Trinajstić information content (AvgIpc) is 3.03. The molecule has 27 heavy (non-hydrogen) atoms. The summed E-state index contributed by atoms with van der Waals surface area (Å²) in [5, 5.41) is 23.0.